The highest BCUT2D eigenvalue weighted by atomic mass is 15.1. The number of rotatable bonds is 9. The van der Waals surface area contributed by atoms with E-state index >= 15 is 0 Å². The Morgan fingerprint density at radius 2 is 0.743 bits per heavy atom. The highest BCUT2D eigenvalue weighted by molar-refractivity contribution is 6.19. The normalized spacial score (nSPS) is 11.4. The Kier molecular flexibility index (Phi) is 10.2. The van der Waals surface area contributed by atoms with Gasteiger partial charge < -0.3 is 9.47 Å². The van der Waals surface area contributed by atoms with Crippen molar-refractivity contribution in [3.05, 3.63) is 279 Å². The van der Waals surface area contributed by atoms with Crippen LogP contribution >= 0.6 is 0 Å². The zero-order chi connectivity index (χ0) is 46.4. The van der Waals surface area contributed by atoms with Gasteiger partial charge in [-0.1, -0.05) is 218 Å². The minimum absolute atomic E-state index is 1.08. The molecule has 1 aromatic heterocycles. The molecule has 13 aromatic rings. The Bertz CT molecular complexity index is 4000. The molecule has 0 fully saturated rings. The van der Waals surface area contributed by atoms with Gasteiger partial charge in [-0.2, -0.15) is 0 Å². The van der Waals surface area contributed by atoms with E-state index in [0.29, 0.717) is 0 Å². The van der Waals surface area contributed by atoms with Crippen LogP contribution in [0.2, 0.25) is 0 Å². The average molecular weight is 891 g/mol. The molecule has 12 aromatic carbocycles. The molecule has 0 atom stereocenters. The smallest absolute Gasteiger partial charge is 0.0625 e. The van der Waals surface area contributed by atoms with Gasteiger partial charge in [-0.15, -0.1) is 0 Å². The van der Waals surface area contributed by atoms with Gasteiger partial charge in [0.1, 0.15) is 0 Å². The van der Waals surface area contributed by atoms with E-state index in [9.17, 15) is 0 Å². The molecule has 2 nitrogen and oxygen atoms in total. The van der Waals surface area contributed by atoms with Crippen molar-refractivity contribution < 1.29 is 0 Å². The second-order valence-corrected chi connectivity index (χ2v) is 18.1. The maximum absolute atomic E-state index is 2.45. The fourth-order valence-corrected chi connectivity index (χ4v) is 10.6. The molecule has 0 spiro atoms. The van der Waals surface area contributed by atoms with Gasteiger partial charge in [-0.3, -0.25) is 0 Å². The summed E-state index contributed by atoms with van der Waals surface area (Å²) in [6.07, 6.45) is 0. The SMILES string of the molecule is c1ccc(-c2ccc(-c3ccc(N(c4ccc(-c5ccc6c(ccc7ccccc76)c5)cc4)c4cccc(-c5ccc(-c6ccccc6)c6c5c5ccccc5n6-c5ccccc5)c4)cc3)cc2)cc1. The van der Waals surface area contributed by atoms with Gasteiger partial charge in [0.05, 0.1) is 11.0 Å². The topological polar surface area (TPSA) is 8.17 Å². The number of fused-ring (bicyclic) bond motifs is 6. The summed E-state index contributed by atoms with van der Waals surface area (Å²) in [6, 6.07) is 102. The Balaban J connectivity index is 0.941. The first kappa shape index (κ1) is 41.0. The van der Waals surface area contributed by atoms with Gasteiger partial charge in [-0.05, 0) is 132 Å². The van der Waals surface area contributed by atoms with E-state index in [1.807, 2.05) is 0 Å². The van der Waals surface area contributed by atoms with E-state index in [2.05, 4.69) is 289 Å². The lowest BCUT2D eigenvalue weighted by molar-refractivity contribution is 1.18. The van der Waals surface area contributed by atoms with Crippen molar-refractivity contribution >= 4 is 60.4 Å². The van der Waals surface area contributed by atoms with E-state index in [1.165, 1.54) is 93.4 Å². The van der Waals surface area contributed by atoms with Crippen LogP contribution in [0.1, 0.15) is 0 Å². The third kappa shape index (κ3) is 7.31. The summed E-state index contributed by atoms with van der Waals surface area (Å²) in [6.45, 7) is 0. The molecule has 0 aliphatic rings. The molecule has 328 valence electrons. The van der Waals surface area contributed by atoms with Gasteiger partial charge in [0.2, 0.25) is 0 Å². The van der Waals surface area contributed by atoms with E-state index in [-0.39, 0.29) is 0 Å². The summed E-state index contributed by atoms with van der Waals surface area (Å²) in [5, 5.41) is 7.52. The number of hydrogen-bond donors (Lipinski definition) is 0. The highest BCUT2D eigenvalue weighted by Crippen LogP contribution is 2.45. The number of para-hydroxylation sites is 2. The van der Waals surface area contributed by atoms with Crippen LogP contribution in [0.5, 0.6) is 0 Å². The molecule has 0 unspecified atom stereocenters. The molecule has 0 bridgehead atoms. The summed E-state index contributed by atoms with van der Waals surface area (Å²) < 4.78 is 2.45. The highest BCUT2D eigenvalue weighted by Gasteiger charge is 2.21. The fourth-order valence-electron chi connectivity index (χ4n) is 10.6. The fraction of sp³-hybridized carbons (Fsp3) is 0. The van der Waals surface area contributed by atoms with Crippen LogP contribution in [0.15, 0.2) is 279 Å². The zero-order valence-corrected chi connectivity index (χ0v) is 38.5. The lowest BCUT2D eigenvalue weighted by Gasteiger charge is -2.26. The summed E-state index contributed by atoms with van der Waals surface area (Å²) in [5.41, 5.74) is 18.7. The number of anilines is 3. The van der Waals surface area contributed by atoms with E-state index < -0.39 is 0 Å². The van der Waals surface area contributed by atoms with Crippen molar-refractivity contribution in [3.63, 3.8) is 0 Å². The van der Waals surface area contributed by atoms with Crippen LogP contribution in [-0.2, 0) is 0 Å². The van der Waals surface area contributed by atoms with Crippen LogP contribution in [0.25, 0.3) is 105 Å². The minimum Gasteiger partial charge on any atom is -0.310 e. The van der Waals surface area contributed by atoms with Gasteiger partial charge in [0.25, 0.3) is 0 Å². The lowest BCUT2D eigenvalue weighted by atomic mass is 9.94. The number of aromatic nitrogens is 1. The Morgan fingerprint density at radius 3 is 1.43 bits per heavy atom. The molecule has 0 amide bonds. The zero-order valence-electron chi connectivity index (χ0n) is 38.5. The summed E-state index contributed by atoms with van der Waals surface area (Å²) in [4.78, 5) is 2.39. The maximum atomic E-state index is 2.45. The second kappa shape index (κ2) is 17.4. The first-order valence-corrected chi connectivity index (χ1v) is 24.1. The van der Waals surface area contributed by atoms with E-state index in [0.717, 1.165) is 28.3 Å². The molecule has 0 radical (unpaired) electrons. The minimum atomic E-state index is 1.08. The van der Waals surface area contributed by atoms with Gasteiger partial charge in [-0.25, -0.2) is 0 Å². The standard InChI is InChI=1S/C68H46N2/c1-4-15-47(16-5-1)48-27-29-49(30-28-48)50-33-38-58(39-34-50)69(59-40-35-51(36-41-59)54-37-42-62-56(45-54)32-31-53-19-10-11-24-61(53)62)60-23-14-20-55(46-60)63-43-44-64(52-17-6-2-7-18-52)68-67(63)65-25-12-13-26-66(65)70(68)57-21-8-3-9-22-57/h1-46H. The van der Waals surface area contributed by atoms with Crippen LogP contribution < -0.4 is 4.90 Å². The summed E-state index contributed by atoms with van der Waals surface area (Å²) >= 11 is 0. The molecule has 0 saturated heterocycles. The molecule has 0 saturated carbocycles. The Morgan fingerprint density at radius 1 is 0.257 bits per heavy atom. The average Bonchev–Trinajstić information content (AvgIpc) is 3.79. The van der Waals surface area contributed by atoms with Crippen LogP contribution in [0, 0.1) is 0 Å². The van der Waals surface area contributed by atoms with Crippen LogP contribution in [0.4, 0.5) is 17.1 Å². The predicted octanol–water partition coefficient (Wildman–Crippen LogP) is 18.9. The first-order valence-electron chi connectivity index (χ1n) is 24.1. The van der Waals surface area contributed by atoms with E-state index in [1.54, 1.807) is 0 Å². The number of hydrogen-bond acceptors (Lipinski definition) is 1. The first-order chi connectivity index (χ1) is 34.7. The molecule has 0 aliphatic carbocycles. The monoisotopic (exact) mass is 890 g/mol. The van der Waals surface area contributed by atoms with Crippen LogP contribution in [0.3, 0.4) is 0 Å². The second-order valence-electron chi connectivity index (χ2n) is 18.1. The van der Waals surface area contributed by atoms with Crippen molar-refractivity contribution in [2.75, 3.05) is 4.90 Å². The van der Waals surface area contributed by atoms with Gasteiger partial charge in [0.15, 0.2) is 0 Å². The maximum Gasteiger partial charge on any atom is 0.0625 e. The molecule has 1 heterocycles. The largest absolute Gasteiger partial charge is 0.310 e. The molecular formula is C68H46N2. The van der Waals surface area contributed by atoms with Crippen molar-refractivity contribution in [1.29, 1.82) is 0 Å². The molecule has 0 N–H and O–H groups in total. The molecule has 70 heavy (non-hydrogen) atoms. The molecule has 2 heteroatoms. The molecule has 13 rings (SSSR count). The van der Waals surface area contributed by atoms with Gasteiger partial charge in [0, 0.05) is 39.1 Å². The summed E-state index contributed by atoms with van der Waals surface area (Å²) in [7, 11) is 0. The Labute approximate surface area is 408 Å². The molecular weight excluding hydrogens is 845 g/mol. The third-order valence-corrected chi connectivity index (χ3v) is 14.0. The number of nitrogens with zero attached hydrogens (tertiary/aromatic N) is 2. The third-order valence-electron chi connectivity index (χ3n) is 14.0. The molecule has 0 aliphatic heterocycles. The van der Waals surface area contributed by atoms with Crippen LogP contribution in [-0.4, -0.2) is 4.57 Å². The van der Waals surface area contributed by atoms with Crippen molar-refractivity contribution in [1.82, 2.24) is 4.57 Å². The van der Waals surface area contributed by atoms with Crippen molar-refractivity contribution in [2.24, 2.45) is 0 Å². The summed E-state index contributed by atoms with van der Waals surface area (Å²) in [5.74, 6) is 0. The van der Waals surface area contributed by atoms with Crippen molar-refractivity contribution in [2.45, 2.75) is 0 Å². The number of benzene rings is 12. The Hall–Kier alpha value is -9.24. The van der Waals surface area contributed by atoms with E-state index in [4.69, 9.17) is 0 Å². The predicted molar refractivity (Wildman–Crippen MR) is 298 cm³/mol. The van der Waals surface area contributed by atoms with Gasteiger partial charge >= 0.3 is 0 Å². The van der Waals surface area contributed by atoms with Crippen molar-refractivity contribution in [3.8, 4) is 61.3 Å². The quantitative estimate of drug-likeness (QED) is 0.131. The lowest BCUT2D eigenvalue weighted by Crippen LogP contribution is -2.10.